The molecule has 2 aliphatic rings. The Balaban J connectivity index is 1.62. The molecule has 2 aromatic carbocycles. The molecule has 0 saturated heterocycles. The van der Waals surface area contributed by atoms with Crippen LogP contribution in [0, 0.1) is 0 Å². The van der Waals surface area contributed by atoms with Crippen LogP contribution in [-0.2, 0) is 4.99 Å². The van der Waals surface area contributed by atoms with Gasteiger partial charge in [0.1, 0.15) is 5.01 Å². The van der Waals surface area contributed by atoms with Gasteiger partial charge < -0.3 is 5.32 Å². The number of benzene rings is 2. The first-order valence-corrected chi connectivity index (χ1v) is 11.0. The molecule has 8 heteroatoms. The fourth-order valence-electron chi connectivity index (χ4n) is 3.31. The maximum Gasteiger partial charge on any atom is 0.234 e. The number of amidine groups is 1. The van der Waals surface area contributed by atoms with E-state index < -0.39 is 4.99 Å². The first kappa shape index (κ1) is 18.2. The van der Waals surface area contributed by atoms with E-state index in [-0.39, 0.29) is 0 Å². The molecule has 0 radical (unpaired) electrons. The van der Waals surface area contributed by atoms with E-state index in [1.165, 1.54) is 4.91 Å². The predicted octanol–water partition coefficient (Wildman–Crippen LogP) is 4.44. The van der Waals surface area contributed by atoms with Gasteiger partial charge in [0.15, 0.2) is 5.84 Å². The van der Waals surface area contributed by atoms with Crippen molar-refractivity contribution in [1.29, 1.82) is 0 Å². The zero-order valence-corrected chi connectivity index (χ0v) is 17.7. The molecule has 1 unspecified atom stereocenters. The minimum absolute atomic E-state index is 0.641. The average molecular weight is 421 g/mol. The fourth-order valence-corrected chi connectivity index (χ4v) is 5.45. The first-order valence-electron chi connectivity index (χ1n) is 9.28. The molecule has 0 bridgehead atoms. The van der Waals surface area contributed by atoms with Crippen LogP contribution in [-0.4, -0.2) is 15.9 Å². The van der Waals surface area contributed by atoms with Crippen molar-refractivity contribution in [2.24, 2.45) is 5.10 Å². The SMILES string of the molecule is CC1=C(C)SC(c2nccs2)(N2NC(c3ccccc3)=NN2c2ccccc2)N1. The summed E-state index contributed by atoms with van der Waals surface area (Å²) in [6.45, 7) is 4.23. The molecule has 2 N–H and O–H groups in total. The third kappa shape index (κ3) is 3.09. The van der Waals surface area contributed by atoms with E-state index in [1.807, 2.05) is 58.2 Å². The summed E-state index contributed by atoms with van der Waals surface area (Å²) in [5.74, 6) is 0.787. The lowest BCUT2D eigenvalue weighted by atomic mass is 10.2. The summed E-state index contributed by atoms with van der Waals surface area (Å²) in [6.07, 6.45) is 1.84. The van der Waals surface area contributed by atoms with Crippen molar-refractivity contribution in [3.8, 4) is 0 Å². The van der Waals surface area contributed by atoms with E-state index in [9.17, 15) is 0 Å². The third-order valence-electron chi connectivity index (χ3n) is 4.84. The number of allylic oxidation sites excluding steroid dienone is 2. The molecule has 5 rings (SSSR count). The molecular weight excluding hydrogens is 400 g/mol. The molecule has 3 heterocycles. The molecular formula is C21H20N6S2. The van der Waals surface area contributed by atoms with Crippen molar-refractivity contribution in [2.75, 3.05) is 5.12 Å². The lowest BCUT2D eigenvalue weighted by Crippen LogP contribution is -2.60. The molecule has 0 saturated carbocycles. The van der Waals surface area contributed by atoms with Gasteiger partial charge >= 0.3 is 0 Å². The van der Waals surface area contributed by atoms with Crippen LogP contribution in [0.2, 0.25) is 0 Å². The smallest absolute Gasteiger partial charge is 0.234 e. The van der Waals surface area contributed by atoms with E-state index in [4.69, 9.17) is 5.10 Å². The number of rotatable bonds is 4. The lowest BCUT2D eigenvalue weighted by Gasteiger charge is -2.40. The van der Waals surface area contributed by atoms with Crippen LogP contribution in [0.3, 0.4) is 0 Å². The highest BCUT2D eigenvalue weighted by Crippen LogP contribution is 2.49. The van der Waals surface area contributed by atoms with Gasteiger partial charge in [-0.15, -0.1) is 16.4 Å². The molecule has 2 aliphatic heterocycles. The molecule has 0 fully saturated rings. The number of hydrogen-bond donors (Lipinski definition) is 2. The number of aromatic nitrogens is 1. The van der Waals surface area contributed by atoms with Crippen LogP contribution >= 0.6 is 23.1 Å². The number of para-hydroxylation sites is 1. The molecule has 29 heavy (non-hydrogen) atoms. The Morgan fingerprint density at radius 3 is 2.31 bits per heavy atom. The molecule has 1 aromatic heterocycles. The average Bonchev–Trinajstić information content (AvgIpc) is 3.50. The van der Waals surface area contributed by atoms with Crippen LogP contribution in [0.4, 0.5) is 5.69 Å². The van der Waals surface area contributed by atoms with Gasteiger partial charge in [0, 0.05) is 27.7 Å². The maximum absolute atomic E-state index is 4.93. The van der Waals surface area contributed by atoms with Gasteiger partial charge in [0.25, 0.3) is 0 Å². The summed E-state index contributed by atoms with van der Waals surface area (Å²) in [5.41, 5.74) is 6.65. The molecule has 6 nitrogen and oxygen atoms in total. The van der Waals surface area contributed by atoms with Crippen molar-refractivity contribution in [2.45, 2.75) is 18.8 Å². The summed E-state index contributed by atoms with van der Waals surface area (Å²) in [5, 5.41) is 15.5. The van der Waals surface area contributed by atoms with Crippen molar-refractivity contribution in [3.05, 3.63) is 93.4 Å². The van der Waals surface area contributed by atoms with E-state index in [0.29, 0.717) is 0 Å². The zero-order chi connectivity index (χ0) is 19.8. The van der Waals surface area contributed by atoms with Crippen molar-refractivity contribution < 1.29 is 0 Å². The Morgan fingerprint density at radius 2 is 1.69 bits per heavy atom. The molecule has 0 spiro atoms. The van der Waals surface area contributed by atoms with E-state index in [0.717, 1.165) is 27.8 Å². The number of hydrogen-bond acceptors (Lipinski definition) is 8. The molecule has 146 valence electrons. The summed E-state index contributed by atoms with van der Waals surface area (Å²) < 4.78 is 0. The van der Waals surface area contributed by atoms with Gasteiger partial charge in [-0.1, -0.05) is 65.4 Å². The normalized spacial score (nSPS) is 21.9. The standard InChI is InChI=1S/C21H20N6S2/c1-15-16(2)29-21(23-15,20-22-13-14-28-20)27-25-19(17-9-5-3-6-10-17)24-26(27)18-11-7-4-8-12-18/h3-14,23H,1-2H3,(H,24,25). The number of nitrogens with one attached hydrogen (secondary N) is 2. The lowest BCUT2D eigenvalue weighted by molar-refractivity contribution is 0.114. The highest BCUT2D eigenvalue weighted by Gasteiger charge is 2.52. The van der Waals surface area contributed by atoms with Crippen LogP contribution < -0.4 is 15.9 Å². The zero-order valence-electron chi connectivity index (χ0n) is 16.0. The van der Waals surface area contributed by atoms with Gasteiger partial charge in [-0.25, -0.2) is 4.98 Å². The summed E-state index contributed by atoms with van der Waals surface area (Å²) >= 11 is 3.36. The Labute approximate surface area is 177 Å². The second-order valence-electron chi connectivity index (χ2n) is 6.75. The number of anilines is 1. The van der Waals surface area contributed by atoms with Crippen LogP contribution in [0.15, 0.2) is 87.9 Å². The van der Waals surface area contributed by atoms with Gasteiger partial charge in [-0.05, 0) is 26.0 Å². The minimum atomic E-state index is -0.641. The predicted molar refractivity (Wildman–Crippen MR) is 120 cm³/mol. The van der Waals surface area contributed by atoms with E-state index in [1.54, 1.807) is 23.1 Å². The van der Waals surface area contributed by atoms with Gasteiger partial charge in [-0.2, -0.15) is 5.12 Å². The Morgan fingerprint density at radius 1 is 0.966 bits per heavy atom. The summed E-state index contributed by atoms with van der Waals surface area (Å²) in [7, 11) is 0. The Kier molecular flexibility index (Phi) is 4.54. The minimum Gasteiger partial charge on any atom is -0.353 e. The Hall–Kier alpha value is -2.81. The van der Waals surface area contributed by atoms with Crippen molar-refractivity contribution in [1.82, 2.24) is 20.8 Å². The molecule has 0 amide bonds. The topological polar surface area (TPSA) is 55.8 Å². The van der Waals surface area contributed by atoms with Crippen LogP contribution in [0.1, 0.15) is 24.4 Å². The summed E-state index contributed by atoms with van der Waals surface area (Å²) in [6, 6.07) is 20.3. The van der Waals surface area contributed by atoms with Gasteiger partial charge in [0.2, 0.25) is 4.99 Å². The quantitative estimate of drug-likeness (QED) is 0.651. The van der Waals surface area contributed by atoms with Crippen LogP contribution in [0.5, 0.6) is 0 Å². The number of hydrazine groups is 2. The Bertz CT molecular complexity index is 1050. The first-order chi connectivity index (χ1) is 14.2. The van der Waals surface area contributed by atoms with Crippen molar-refractivity contribution >= 4 is 34.6 Å². The number of nitrogens with zero attached hydrogens (tertiary/aromatic N) is 4. The fraction of sp³-hybridized carbons (Fsp3) is 0.143. The largest absolute Gasteiger partial charge is 0.353 e. The monoisotopic (exact) mass is 420 g/mol. The highest BCUT2D eigenvalue weighted by molar-refractivity contribution is 8.04. The second kappa shape index (κ2) is 7.22. The van der Waals surface area contributed by atoms with Gasteiger partial charge in [-0.3, -0.25) is 5.43 Å². The second-order valence-corrected chi connectivity index (χ2v) is 9.05. The number of hydrazone groups is 1. The molecule has 0 aliphatic carbocycles. The van der Waals surface area contributed by atoms with Crippen LogP contribution in [0.25, 0.3) is 0 Å². The highest BCUT2D eigenvalue weighted by atomic mass is 32.2. The number of thiazole rings is 1. The summed E-state index contributed by atoms with van der Waals surface area (Å²) in [4.78, 5) is 5.24. The third-order valence-corrected chi connectivity index (χ3v) is 7.22. The van der Waals surface area contributed by atoms with Crippen molar-refractivity contribution in [3.63, 3.8) is 0 Å². The van der Waals surface area contributed by atoms with E-state index in [2.05, 4.69) is 53.8 Å². The van der Waals surface area contributed by atoms with Gasteiger partial charge in [0.05, 0.1) is 5.69 Å². The number of thioether (sulfide) groups is 1. The van der Waals surface area contributed by atoms with E-state index >= 15 is 0 Å². The molecule has 3 aromatic rings. The molecule has 1 atom stereocenters. The maximum atomic E-state index is 4.93.